The molecule has 0 bridgehead atoms. The molecule has 0 aromatic heterocycles. The highest BCUT2D eigenvalue weighted by molar-refractivity contribution is 7.96. The molecule has 0 aliphatic carbocycles. The Hall–Kier alpha value is -1.76. The third-order valence-electron chi connectivity index (χ3n) is 3.86. The molecule has 0 aliphatic heterocycles. The molecule has 1 amide bonds. The summed E-state index contributed by atoms with van der Waals surface area (Å²) in [6.45, 7) is 0.121. The van der Waals surface area contributed by atoms with Crippen LogP contribution in [0.3, 0.4) is 0 Å². The number of nitrogens with one attached hydrogen (secondary N) is 1. The summed E-state index contributed by atoms with van der Waals surface area (Å²) in [7, 11) is -0.276. The fourth-order valence-electron chi connectivity index (χ4n) is 2.26. The molecule has 0 heterocycles. The summed E-state index contributed by atoms with van der Waals surface area (Å²) in [5.74, 6) is -3.40. The molecule has 0 fully saturated rings. The summed E-state index contributed by atoms with van der Waals surface area (Å²) in [5, 5.41) is 9.20. The third kappa shape index (κ3) is 6.89. The van der Waals surface area contributed by atoms with Crippen LogP contribution in [0.1, 0.15) is 0 Å². The van der Waals surface area contributed by atoms with Crippen molar-refractivity contribution in [2.45, 2.75) is 4.90 Å². The Morgan fingerprint density at radius 2 is 1.83 bits per heavy atom. The largest absolute Gasteiger partial charge is 0.451 e. The average molecular weight is 480 g/mol. The number of hydrogen-bond acceptors (Lipinski definition) is 6. The van der Waals surface area contributed by atoms with Gasteiger partial charge in [-0.15, -0.1) is 0 Å². The van der Waals surface area contributed by atoms with Gasteiger partial charge in [0, 0.05) is 18.1 Å². The van der Waals surface area contributed by atoms with Crippen LogP contribution < -0.4 is 10.2 Å². The van der Waals surface area contributed by atoms with Gasteiger partial charge in [-0.25, -0.2) is 22.8 Å². The minimum absolute atomic E-state index is 0.142. The zero-order valence-electron chi connectivity index (χ0n) is 16.1. The van der Waals surface area contributed by atoms with E-state index >= 15 is 0 Å². The second-order valence-electron chi connectivity index (χ2n) is 5.95. The Morgan fingerprint density at radius 1 is 1.23 bits per heavy atom. The number of halogens is 3. The Balaban J connectivity index is 2.25. The second-order valence-corrected chi connectivity index (χ2v) is 8.86. The maximum absolute atomic E-state index is 14.5. The molecule has 2 aromatic carbocycles. The number of ether oxygens (including phenoxy) is 1. The predicted octanol–water partition coefficient (Wildman–Crippen LogP) is 3.45. The van der Waals surface area contributed by atoms with E-state index in [0.717, 1.165) is 12.1 Å². The average Bonchev–Trinajstić information content (AvgIpc) is 2.73. The first-order valence-corrected chi connectivity index (χ1v) is 11.2. The van der Waals surface area contributed by atoms with Gasteiger partial charge < -0.3 is 4.74 Å². The van der Waals surface area contributed by atoms with Gasteiger partial charge in [0.2, 0.25) is 0 Å². The van der Waals surface area contributed by atoms with E-state index in [-0.39, 0.29) is 17.2 Å². The molecule has 164 valence electrons. The first-order valence-electron chi connectivity index (χ1n) is 8.52. The molecular weight excluding hydrogens is 460 g/mol. The van der Waals surface area contributed by atoms with Crippen molar-refractivity contribution in [3.8, 4) is 11.5 Å². The van der Waals surface area contributed by atoms with Gasteiger partial charge in [0.15, 0.2) is 17.4 Å². The highest BCUT2D eigenvalue weighted by Gasteiger charge is 2.23. The number of nitrogens with zero attached hydrogens (tertiary/aromatic N) is 2. The summed E-state index contributed by atoms with van der Waals surface area (Å²) in [5.41, 5.74) is 1.46. The highest BCUT2D eigenvalue weighted by atomic mass is 35.5. The molecule has 1 unspecified atom stereocenters. The topological polar surface area (TPSA) is 82.1 Å². The maximum atomic E-state index is 14.5. The van der Waals surface area contributed by atoms with Gasteiger partial charge in [-0.3, -0.25) is 14.3 Å². The number of carbonyl (C=O) groups is 1. The number of benzene rings is 2. The molecule has 2 N–H and O–H groups in total. The number of hydroxylamine groups is 1. The molecule has 12 heteroatoms. The lowest BCUT2D eigenvalue weighted by Crippen LogP contribution is -2.40. The minimum Gasteiger partial charge on any atom is -0.451 e. The number of likely N-dealkylation sites (N-methyl/N-ethyl adjacent to an activating group) is 1. The van der Waals surface area contributed by atoms with Crippen LogP contribution in [-0.4, -0.2) is 56.9 Å². The molecule has 7 nitrogen and oxygen atoms in total. The molecular formula is C18H20ClF2N3O4S2. The lowest BCUT2D eigenvalue weighted by molar-refractivity contribution is -0.129. The van der Waals surface area contributed by atoms with Crippen molar-refractivity contribution in [3.63, 3.8) is 0 Å². The fraction of sp³-hybridized carbons (Fsp3) is 0.278. The first kappa shape index (κ1) is 24.5. The molecule has 2 aromatic rings. The van der Waals surface area contributed by atoms with Crippen LogP contribution in [0, 0.1) is 11.6 Å². The van der Waals surface area contributed by atoms with Gasteiger partial charge >= 0.3 is 0 Å². The standard InChI is InChI=1S/C18H20ClF2N3O4S2/c1-23(29-2)7-8-24(11-17(25)22-26)30(27)14-9-15(20)18(16(21)10-14)28-13-5-3-12(19)4-6-13/h3-6,9-10,26H,7-8,11H2,1-2H3,(H,22,25). The minimum atomic E-state index is -2.07. The molecule has 0 spiro atoms. The Kier molecular flexibility index (Phi) is 9.46. The van der Waals surface area contributed by atoms with E-state index in [4.69, 9.17) is 21.5 Å². The summed E-state index contributed by atoms with van der Waals surface area (Å²) < 4.78 is 50.2. The van der Waals surface area contributed by atoms with Gasteiger partial charge in [0.05, 0.1) is 11.4 Å². The van der Waals surface area contributed by atoms with E-state index in [2.05, 4.69) is 0 Å². The maximum Gasteiger partial charge on any atom is 0.258 e. The molecule has 0 aliphatic rings. The van der Waals surface area contributed by atoms with Crippen LogP contribution in [0.25, 0.3) is 0 Å². The molecule has 0 saturated carbocycles. The van der Waals surface area contributed by atoms with Crippen LogP contribution in [0.5, 0.6) is 11.5 Å². The van der Waals surface area contributed by atoms with Gasteiger partial charge in [-0.05, 0) is 49.7 Å². The smallest absolute Gasteiger partial charge is 0.258 e. The van der Waals surface area contributed by atoms with Crippen molar-refractivity contribution in [1.82, 2.24) is 14.1 Å². The van der Waals surface area contributed by atoms with Crippen molar-refractivity contribution in [2.75, 3.05) is 32.9 Å². The zero-order chi connectivity index (χ0) is 22.3. The highest BCUT2D eigenvalue weighted by Crippen LogP contribution is 2.30. The van der Waals surface area contributed by atoms with Gasteiger partial charge in [0.1, 0.15) is 16.7 Å². The van der Waals surface area contributed by atoms with Gasteiger partial charge in [-0.1, -0.05) is 23.5 Å². The van der Waals surface area contributed by atoms with E-state index in [0.29, 0.717) is 11.6 Å². The number of carbonyl (C=O) groups excluding carboxylic acids is 1. The van der Waals surface area contributed by atoms with Gasteiger partial charge in [0.25, 0.3) is 5.91 Å². The van der Waals surface area contributed by atoms with E-state index < -0.39 is 40.8 Å². The summed E-state index contributed by atoms with van der Waals surface area (Å²) >= 11 is 7.19. The van der Waals surface area contributed by atoms with Crippen LogP contribution in [-0.2, 0) is 15.8 Å². The molecule has 0 radical (unpaired) electrons. The van der Waals surface area contributed by atoms with E-state index in [1.165, 1.54) is 46.0 Å². The molecule has 2 rings (SSSR count). The molecule has 0 saturated heterocycles. The summed E-state index contributed by atoms with van der Waals surface area (Å²) in [6, 6.07) is 7.67. The Bertz CT molecular complexity index is 882. The van der Waals surface area contributed by atoms with Crippen LogP contribution in [0.2, 0.25) is 5.02 Å². The van der Waals surface area contributed by atoms with Crippen molar-refractivity contribution in [1.29, 1.82) is 0 Å². The number of amides is 1. The second kappa shape index (κ2) is 11.6. The zero-order valence-corrected chi connectivity index (χ0v) is 18.5. The van der Waals surface area contributed by atoms with Crippen molar-refractivity contribution in [2.24, 2.45) is 0 Å². The van der Waals surface area contributed by atoms with Crippen LogP contribution >= 0.6 is 23.5 Å². The normalized spacial score (nSPS) is 12.3. The Labute approximate surface area is 184 Å². The van der Waals surface area contributed by atoms with Crippen LogP contribution in [0.4, 0.5) is 8.78 Å². The Morgan fingerprint density at radius 3 is 2.37 bits per heavy atom. The lowest BCUT2D eigenvalue weighted by atomic mass is 10.3. The molecule has 30 heavy (non-hydrogen) atoms. The SMILES string of the molecule is CSN(C)CCN(CC(=O)NO)S(=O)c1cc(F)c(Oc2ccc(Cl)cc2)c(F)c1. The summed E-state index contributed by atoms with van der Waals surface area (Å²) in [6.07, 6.45) is 1.84. The quantitative estimate of drug-likeness (QED) is 0.308. The van der Waals surface area contributed by atoms with Crippen LogP contribution in [0.15, 0.2) is 41.3 Å². The monoisotopic (exact) mass is 479 g/mol. The van der Waals surface area contributed by atoms with E-state index in [1.54, 1.807) is 7.05 Å². The molecule has 1 atom stereocenters. The van der Waals surface area contributed by atoms with Crippen molar-refractivity contribution in [3.05, 3.63) is 53.1 Å². The first-order chi connectivity index (χ1) is 14.2. The number of rotatable bonds is 10. The van der Waals surface area contributed by atoms with Gasteiger partial charge in [-0.2, -0.15) is 0 Å². The number of hydrogen-bond donors (Lipinski definition) is 2. The van der Waals surface area contributed by atoms with Crippen molar-refractivity contribution < 1.29 is 27.7 Å². The lowest BCUT2D eigenvalue weighted by Gasteiger charge is -2.23. The predicted molar refractivity (Wildman–Crippen MR) is 112 cm³/mol. The van der Waals surface area contributed by atoms with E-state index in [1.807, 2.05) is 10.6 Å². The van der Waals surface area contributed by atoms with E-state index in [9.17, 15) is 17.8 Å². The fourth-order valence-corrected chi connectivity index (χ4v) is 3.84. The summed E-state index contributed by atoms with van der Waals surface area (Å²) in [4.78, 5) is 11.4. The third-order valence-corrected chi connectivity index (χ3v) is 6.34. The van der Waals surface area contributed by atoms with Crippen molar-refractivity contribution >= 4 is 40.4 Å².